The van der Waals surface area contributed by atoms with Gasteiger partial charge in [0.1, 0.15) is 0 Å². The van der Waals surface area contributed by atoms with E-state index in [9.17, 15) is 0 Å². The van der Waals surface area contributed by atoms with Crippen molar-refractivity contribution in [1.29, 1.82) is 0 Å². The molecule has 1 fully saturated rings. The second kappa shape index (κ2) is 6.67. The van der Waals surface area contributed by atoms with Crippen molar-refractivity contribution < 1.29 is 0 Å². The Morgan fingerprint density at radius 1 is 1.22 bits per heavy atom. The van der Waals surface area contributed by atoms with E-state index in [0.717, 1.165) is 12.3 Å². The van der Waals surface area contributed by atoms with Crippen LogP contribution in [-0.4, -0.2) is 18.1 Å². The van der Waals surface area contributed by atoms with E-state index in [2.05, 4.69) is 26.2 Å². The van der Waals surface area contributed by atoms with Crippen LogP contribution < -0.4 is 5.32 Å². The van der Waals surface area contributed by atoms with E-state index in [1.165, 1.54) is 54.1 Å². The molecule has 2 rings (SSSR count). The lowest BCUT2D eigenvalue weighted by Crippen LogP contribution is -2.35. The lowest BCUT2D eigenvalue weighted by atomic mass is 9.90. The molecule has 0 aromatic carbocycles. The molecule has 1 aromatic rings. The number of aryl methyl sites for hydroxylation is 2. The zero-order valence-corrected chi connectivity index (χ0v) is 12.8. The first kappa shape index (κ1) is 14.0. The third kappa shape index (κ3) is 3.55. The number of thiazole rings is 1. The first-order valence-corrected chi connectivity index (χ1v) is 8.12. The molecule has 102 valence electrons. The van der Waals surface area contributed by atoms with E-state index < -0.39 is 0 Å². The van der Waals surface area contributed by atoms with E-state index in [1.807, 2.05) is 11.3 Å². The average Bonchev–Trinajstić information content (AvgIpc) is 2.60. The molecule has 0 aliphatic heterocycles. The van der Waals surface area contributed by atoms with Gasteiger partial charge in [-0.3, -0.25) is 0 Å². The van der Waals surface area contributed by atoms with Crippen molar-refractivity contribution in [1.82, 2.24) is 10.3 Å². The summed E-state index contributed by atoms with van der Waals surface area (Å²) in [6, 6.07) is 0.619. The minimum absolute atomic E-state index is 0.619. The van der Waals surface area contributed by atoms with Gasteiger partial charge in [-0.15, -0.1) is 11.3 Å². The van der Waals surface area contributed by atoms with E-state index >= 15 is 0 Å². The number of hydrogen-bond donors (Lipinski definition) is 1. The largest absolute Gasteiger partial charge is 0.316 e. The monoisotopic (exact) mass is 266 g/mol. The number of aromatic nitrogens is 1. The molecule has 1 atom stereocenters. The van der Waals surface area contributed by atoms with Gasteiger partial charge in [-0.1, -0.05) is 25.7 Å². The molecule has 1 aliphatic rings. The SMILES string of the molecule is CNC(Cc1nc(C)c(C)s1)C1CCCCCC1. The summed E-state index contributed by atoms with van der Waals surface area (Å²) in [4.78, 5) is 6.07. The highest BCUT2D eigenvalue weighted by molar-refractivity contribution is 7.11. The molecule has 18 heavy (non-hydrogen) atoms. The van der Waals surface area contributed by atoms with Crippen LogP contribution in [0.15, 0.2) is 0 Å². The summed E-state index contributed by atoms with van der Waals surface area (Å²) < 4.78 is 0. The second-order valence-corrected chi connectivity index (χ2v) is 6.89. The predicted molar refractivity (Wildman–Crippen MR) is 79.3 cm³/mol. The number of likely N-dealkylation sites (N-methyl/N-ethyl adjacent to an activating group) is 1. The maximum atomic E-state index is 4.69. The Balaban J connectivity index is 1.99. The fourth-order valence-electron chi connectivity index (χ4n) is 3.03. The second-order valence-electron chi connectivity index (χ2n) is 5.60. The third-order valence-electron chi connectivity index (χ3n) is 4.31. The molecule has 0 amide bonds. The zero-order chi connectivity index (χ0) is 13.0. The van der Waals surface area contributed by atoms with E-state index in [0.29, 0.717) is 6.04 Å². The van der Waals surface area contributed by atoms with Crippen LogP contribution in [0.4, 0.5) is 0 Å². The van der Waals surface area contributed by atoms with Crippen LogP contribution in [0.3, 0.4) is 0 Å². The first-order chi connectivity index (χ1) is 8.70. The first-order valence-electron chi connectivity index (χ1n) is 7.31. The van der Waals surface area contributed by atoms with Crippen LogP contribution in [0.25, 0.3) is 0 Å². The van der Waals surface area contributed by atoms with Crippen LogP contribution >= 0.6 is 11.3 Å². The van der Waals surface area contributed by atoms with Crippen molar-refractivity contribution >= 4 is 11.3 Å². The van der Waals surface area contributed by atoms with Crippen LogP contribution in [0.5, 0.6) is 0 Å². The summed E-state index contributed by atoms with van der Waals surface area (Å²) in [6.45, 7) is 4.30. The Hall–Kier alpha value is -0.410. The minimum Gasteiger partial charge on any atom is -0.316 e. The predicted octanol–water partition coefficient (Wildman–Crippen LogP) is 3.86. The summed E-state index contributed by atoms with van der Waals surface area (Å²) >= 11 is 1.88. The molecule has 1 aliphatic carbocycles. The number of nitrogens with one attached hydrogen (secondary N) is 1. The highest BCUT2D eigenvalue weighted by Crippen LogP contribution is 2.28. The van der Waals surface area contributed by atoms with Crippen molar-refractivity contribution in [2.24, 2.45) is 5.92 Å². The fraction of sp³-hybridized carbons (Fsp3) is 0.800. The van der Waals surface area contributed by atoms with Gasteiger partial charge in [0, 0.05) is 17.3 Å². The van der Waals surface area contributed by atoms with Gasteiger partial charge in [0.2, 0.25) is 0 Å². The molecule has 2 nitrogen and oxygen atoms in total. The van der Waals surface area contributed by atoms with Crippen LogP contribution in [0.1, 0.15) is 54.1 Å². The molecule has 1 heterocycles. The van der Waals surface area contributed by atoms with Gasteiger partial charge >= 0.3 is 0 Å². The van der Waals surface area contributed by atoms with Gasteiger partial charge in [-0.2, -0.15) is 0 Å². The molecule has 1 unspecified atom stereocenters. The Morgan fingerprint density at radius 2 is 1.89 bits per heavy atom. The van der Waals surface area contributed by atoms with Gasteiger partial charge in [0.25, 0.3) is 0 Å². The van der Waals surface area contributed by atoms with Crippen molar-refractivity contribution in [2.75, 3.05) is 7.05 Å². The van der Waals surface area contributed by atoms with Crippen molar-refractivity contribution in [3.63, 3.8) is 0 Å². The summed E-state index contributed by atoms with van der Waals surface area (Å²) in [5.74, 6) is 0.849. The van der Waals surface area contributed by atoms with Gasteiger partial charge in [0.15, 0.2) is 0 Å². The fourth-order valence-corrected chi connectivity index (χ4v) is 4.02. The standard InChI is InChI=1S/C15H26N2S/c1-11-12(2)18-15(17-11)10-14(16-3)13-8-6-4-5-7-9-13/h13-14,16H,4-10H2,1-3H3. The molecule has 1 N–H and O–H groups in total. The van der Waals surface area contributed by atoms with Crippen LogP contribution in [0, 0.1) is 19.8 Å². The van der Waals surface area contributed by atoms with Crippen LogP contribution in [0.2, 0.25) is 0 Å². The van der Waals surface area contributed by atoms with Crippen LogP contribution in [-0.2, 0) is 6.42 Å². The Morgan fingerprint density at radius 3 is 2.39 bits per heavy atom. The molecule has 1 aromatic heterocycles. The Labute approximate surface area is 115 Å². The molecule has 0 saturated heterocycles. The summed E-state index contributed by atoms with van der Waals surface area (Å²) in [6.07, 6.45) is 9.60. The number of nitrogens with zero attached hydrogens (tertiary/aromatic N) is 1. The molecule has 3 heteroatoms. The number of hydrogen-bond acceptors (Lipinski definition) is 3. The lowest BCUT2D eigenvalue weighted by molar-refractivity contribution is 0.332. The lowest BCUT2D eigenvalue weighted by Gasteiger charge is -2.25. The Bertz CT molecular complexity index is 345. The van der Waals surface area contributed by atoms with E-state index in [4.69, 9.17) is 4.98 Å². The molecule has 0 spiro atoms. The molecule has 0 bridgehead atoms. The topological polar surface area (TPSA) is 24.9 Å². The smallest absolute Gasteiger partial charge is 0.0946 e. The number of rotatable bonds is 4. The highest BCUT2D eigenvalue weighted by Gasteiger charge is 2.22. The van der Waals surface area contributed by atoms with Gasteiger partial charge < -0.3 is 5.32 Å². The van der Waals surface area contributed by atoms with Crippen molar-refractivity contribution in [3.05, 3.63) is 15.6 Å². The summed E-state index contributed by atoms with van der Waals surface area (Å²) in [5.41, 5.74) is 1.21. The Kier molecular flexibility index (Phi) is 5.19. The van der Waals surface area contributed by atoms with Gasteiger partial charge in [-0.25, -0.2) is 4.98 Å². The maximum absolute atomic E-state index is 4.69. The zero-order valence-electron chi connectivity index (χ0n) is 12.0. The van der Waals surface area contributed by atoms with Gasteiger partial charge in [0.05, 0.1) is 10.7 Å². The minimum atomic E-state index is 0.619. The normalized spacial score (nSPS) is 19.7. The quantitative estimate of drug-likeness (QED) is 0.837. The molecular formula is C15H26N2S. The van der Waals surface area contributed by atoms with E-state index in [1.54, 1.807) is 0 Å². The van der Waals surface area contributed by atoms with Gasteiger partial charge in [-0.05, 0) is 39.7 Å². The molecular weight excluding hydrogens is 240 g/mol. The third-order valence-corrected chi connectivity index (χ3v) is 5.40. The van der Waals surface area contributed by atoms with Crippen molar-refractivity contribution in [2.45, 2.75) is 64.8 Å². The maximum Gasteiger partial charge on any atom is 0.0946 e. The van der Waals surface area contributed by atoms with Crippen molar-refractivity contribution in [3.8, 4) is 0 Å². The summed E-state index contributed by atoms with van der Waals surface area (Å²) in [7, 11) is 2.11. The molecule has 0 radical (unpaired) electrons. The highest BCUT2D eigenvalue weighted by atomic mass is 32.1. The summed E-state index contributed by atoms with van der Waals surface area (Å²) in [5, 5.41) is 4.86. The average molecular weight is 266 g/mol. The van der Waals surface area contributed by atoms with E-state index in [-0.39, 0.29) is 0 Å². The molecule has 1 saturated carbocycles.